The highest BCUT2D eigenvalue weighted by molar-refractivity contribution is 9.10. The van der Waals surface area contributed by atoms with Gasteiger partial charge < -0.3 is 10.3 Å². The van der Waals surface area contributed by atoms with Crippen molar-refractivity contribution in [3.63, 3.8) is 0 Å². The van der Waals surface area contributed by atoms with Crippen molar-refractivity contribution >= 4 is 33.3 Å². The third-order valence-corrected chi connectivity index (χ3v) is 2.83. The molecule has 3 nitrogen and oxygen atoms in total. The molecule has 0 aliphatic heterocycles. The van der Waals surface area contributed by atoms with Gasteiger partial charge in [0.2, 0.25) is 0 Å². The summed E-state index contributed by atoms with van der Waals surface area (Å²) in [6, 6.07) is 7.55. The minimum absolute atomic E-state index is 0.206. The average Bonchev–Trinajstić information content (AvgIpc) is 2.49. The van der Waals surface area contributed by atoms with Gasteiger partial charge in [0.25, 0.3) is 0 Å². The van der Waals surface area contributed by atoms with Gasteiger partial charge in [0.15, 0.2) is 11.6 Å². The first-order valence-corrected chi connectivity index (χ1v) is 5.03. The molecule has 0 unspecified atom stereocenters. The van der Waals surface area contributed by atoms with Crippen LogP contribution in [0.2, 0.25) is 5.02 Å². The minimum Gasteiger partial charge on any atom is -0.380 e. The Morgan fingerprint density at radius 2 is 2.07 bits per heavy atom. The van der Waals surface area contributed by atoms with Crippen molar-refractivity contribution < 1.29 is 4.52 Å². The van der Waals surface area contributed by atoms with Crippen LogP contribution in [0.4, 0.5) is 5.82 Å². The predicted molar refractivity (Wildman–Crippen MR) is 59.1 cm³/mol. The Morgan fingerprint density at radius 3 is 2.64 bits per heavy atom. The molecule has 72 valence electrons. The minimum atomic E-state index is 0.206. The van der Waals surface area contributed by atoms with Gasteiger partial charge in [-0.25, -0.2) is 0 Å². The van der Waals surface area contributed by atoms with Gasteiger partial charge in [-0.15, -0.1) is 0 Å². The maximum atomic E-state index is 5.91. The van der Waals surface area contributed by atoms with Crippen LogP contribution in [0.3, 0.4) is 0 Å². The third-order valence-electron chi connectivity index (χ3n) is 1.78. The zero-order chi connectivity index (χ0) is 10.1. The van der Waals surface area contributed by atoms with E-state index in [1.807, 2.05) is 24.3 Å². The number of nitrogen functional groups attached to an aromatic ring is 1. The van der Waals surface area contributed by atoms with E-state index >= 15 is 0 Å². The van der Waals surface area contributed by atoms with Crippen LogP contribution in [-0.2, 0) is 0 Å². The molecule has 2 N–H and O–H groups in total. The lowest BCUT2D eigenvalue weighted by molar-refractivity contribution is 0.435. The summed E-state index contributed by atoms with van der Waals surface area (Å²) in [5.41, 5.74) is 6.31. The molecule has 0 amide bonds. The average molecular weight is 274 g/mol. The van der Waals surface area contributed by atoms with E-state index in [2.05, 4.69) is 21.1 Å². The Hall–Kier alpha value is -1.000. The quantitative estimate of drug-likeness (QED) is 0.867. The number of hydrogen-bond donors (Lipinski definition) is 1. The standard InChI is InChI=1S/C9H6BrClN2O/c10-6-4-2-1-3-5(6)8-7(11)9(12)13-14-8/h1-4H,(H2,12,13). The monoisotopic (exact) mass is 272 g/mol. The van der Waals surface area contributed by atoms with Crippen molar-refractivity contribution in [1.82, 2.24) is 5.16 Å². The van der Waals surface area contributed by atoms with Crippen LogP contribution in [-0.4, -0.2) is 5.16 Å². The van der Waals surface area contributed by atoms with Crippen LogP contribution in [0.15, 0.2) is 33.3 Å². The summed E-state index contributed by atoms with van der Waals surface area (Å²) < 4.78 is 5.91. The summed E-state index contributed by atoms with van der Waals surface area (Å²) in [6.45, 7) is 0. The summed E-state index contributed by atoms with van der Waals surface area (Å²) in [4.78, 5) is 0. The fraction of sp³-hybridized carbons (Fsp3) is 0. The van der Waals surface area contributed by atoms with Crippen molar-refractivity contribution in [3.05, 3.63) is 33.8 Å². The number of halogens is 2. The summed E-state index contributed by atoms with van der Waals surface area (Å²) in [6.07, 6.45) is 0. The Bertz CT molecular complexity index is 470. The molecule has 2 aromatic rings. The number of anilines is 1. The second-order valence-electron chi connectivity index (χ2n) is 2.69. The normalized spacial score (nSPS) is 10.4. The molecule has 1 aromatic carbocycles. The van der Waals surface area contributed by atoms with Gasteiger partial charge in [-0.1, -0.05) is 44.8 Å². The van der Waals surface area contributed by atoms with E-state index in [0.717, 1.165) is 10.0 Å². The van der Waals surface area contributed by atoms with E-state index in [1.165, 1.54) is 0 Å². The molecule has 2 rings (SSSR count). The van der Waals surface area contributed by atoms with Gasteiger partial charge in [0, 0.05) is 10.0 Å². The van der Waals surface area contributed by atoms with Crippen LogP contribution in [0.5, 0.6) is 0 Å². The Kier molecular flexibility index (Phi) is 2.48. The highest BCUT2D eigenvalue weighted by Gasteiger charge is 2.15. The maximum absolute atomic E-state index is 5.91. The number of nitrogens with two attached hydrogens (primary N) is 1. The Labute approximate surface area is 94.0 Å². The first kappa shape index (κ1) is 9.55. The molecular weight excluding hydrogens is 267 g/mol. The van der Waals surface area contributed by atoms with E-state index in [0.29, 0.717) is 10.8 Å². The SMILES string of the molecule is Nc1noc(-c2ccccc2Br)c1Cl. The van der Waals surface area contributed by atoms with Gasteiger partial charge in [-0.3, -0.25) is 0 Å². The molecule has 14 heavy (non-hydrogen) atoms. The molecule has 0 atom stereocenters. The molecule has 1 heterocycles. The van der Waals surface area contributed by atoms with Crippen molar-refractivity contribution in [1.29, 1.82) is 0 Å². The summed E-state index contributed by atoms with van der Waals surface area (Å²) in [5, 5.41) is 3.93. The maximum Gasteiger partial charge on any atom is 0.188 e. The molecule has 0 fully saturated rings. The van der Waals surface area contributed by atoms with Crippen molar-refractivity contribution in [2.45, 2.75) is 0 Å². The molecule has 0 aliphatic rings. The second kappa shape index (κ2) is 3.63. The van der Waals surface area contributed by atoms with Crippen molar-refractivity contribution in [2.24, 2.45) is 0 Å². The fourth-order valence-electron chi connectivity index (χ4n) is 1.10. The number of hydrogen-bond acceptors (Lipinski definition) is 3. The molecule has 0 saturated carbocycles. The number of aromatic nitrogens is 1. The zero-order valence-electron chi connectivity index (χ0n) is 7.00. The van der Waals surface area contributed by atoms with Gasteiger partial charge >= 0.3 is 0 Å². The molecule has 5 heteroatoms. The van der Waals surface area contributed by atoms with E-state index in [-0.39, 0.29) is 5.82 Å². The molecule has 0 radical (unpaired) electrons. The summed E-state index contributed by atoms with van der Waals surface area (Å²) in [7, 11) is 0. The number of nitrogens with zero attached hydrogens (tertiary/aromatic N) is 1. The van der Waals surface area contributed by atoms with Crippen LogP contribution in [0.1, 0.15) is 0 Å². The molecule has 1 aromatic heterocycles. The highest BCUT2D eigenvalue weighted by Crippen LogP contribution is 2.35. The fourth-order valence-corrected chi connectivity index (χ4v) is 1.74. The first-order chi connectivity index (χ1) is 6.70. The number of benzene rings is 1. The van der Waals surface area contributed by atoms with Gasteiger partial charge in [-0.2, -0.15) is 0 Å². The number of rotatable bonds is 1. The van der Waals surface area contributed by atoms with Crippen molar-refractivity contribution in [2.75, 3.05) is 5.73 Å². The smallest absolute Gasteiger partial charge is 0.188 e. The van der Waals surface area contributed by atoms with Crippen LogP contribution >= 0.6 is 27.5 Å². The van der Waals surface area contributed by atoms with E-state index in [9.17, 15) is 0 Å². The largest absolute Gasteiger partial charge is 0.380 e. The highest BCUT2D eigenvalue weighted by atomic mass is 79.9. The van der Waals surface area contributed by atoms with E-state index in [4.69, 9.17) is 21.9 Å². The van der Waals surface area contributed by atoms with Crippen LogP contribution < -0.4 is 5.73 Å². The summed E-state index contributed by atoms with van der Waals surface area (Å²) >= 11 is 9.30. The van der Waals surface area contributed by atoms with E-state index in [1.54, 1.807) is 0 Å². The third kappa shape index (κ3) is 1.51. The summed E-state index contributed by atoms with van der Waals surface area (Å²) in [5.74, 6) is 0.689. The van der Waals surface area contributed by atoms with Crippen molar-refractivity contribution in [3.8, 4) is 11.3 Å². The van der Waals surface area contributed by atoms with Crippen LogP contribution in [0, 0.1) is 0 Å². The Balaban J connectivity index is 2.60. The van der Waals surface area contributed by atoms with Gasteiger partial charge in [-0.05, 0) is 12.1 Å². The molecule has 0 bridgehead atoms. The first-order valence-electron chi connectivity index (χ1n) is 3.85. The molecule has 0 spiro atoms. The lowest BCUT2D eigenvalue weighted by Gasteiger charge is -1.98. The van der Waals surface area contributed by atoms with Gasteiger partial charge in [0.1, 0.15) is 5.02 Å². The zero-order valence-corrected chi connectivity index (χ0v) is 9.34. The van der Waals surface area contributed by atoms with E-state index < -0.39 is 0 Å². The second-order valence-corrected chi connectivity index (χ2v) is 3.92. The molecule has 0 aliphatic carbocycles. The van der Waals surface area contributed by atoms with Crippen LogP contribution in [0.25, 0.3) is 11.3 Å². The Morgan fingerprint density at radius 1 is 1.36 bits per heavy atom. The topological polar surface area (TPSA) is 52.0 Å². The molecule has 0 saturated heterocycles. The lowest BCUT2D eigenvalue weighted by Crippen LogP contribution is -1.83. The predicted octanol–water partition coefficient (Wildman–Crippen LogP) is 3.34. The lowest BCUT2D eigenvalue weighted by atomic mass is 10.2. The van der Waals surface area contributed by atoms with Gasteiger partial charge in [0.05, 0.1) is 0 Å². The molecular formula is C9H6BrClN2O.